The average Bonchev–Trinajstić information content (AvgIpc) is 3.49. The molecule has 3 aliphatic heterocycles. The summed E-state index contributed by atoms with van der Waals surface area (Å²) >= 11 is 1.73. The van der Waals surface area contributed by atoms with E-state index in [9.17, 15) is 9.59 Å². The fourth-order valence-electron chi connectivity index (χ4n) is 4.52. The second kappa shape index (κ2) is 7.89. The number of rotatable bonds is 5. The lowest BCUT2D eigenvalue weighted by molar-refractivity contribution is 0.0475. The van der Waals surface area contributed by atoms with E-state index in [1.54, 1.807) is 17.4 Å². The van der Waals surface area contributed by atoms with Crippen LogP contribution in [0.2, 0.25) is 0 Å². The van der Waals surface area contributed by atoms with E-state index < -0.39 is 0 Å². The van der Waals surface area contributed by atoms with Gasteiger partial charge in [-0.1, -0.05) is 6.07 Å². The fourth-order valence-corrected chi connectivity index (χ4v) is 5.18. The van der Waals surface area contributed by atoms with E-state index in [1.165, 1.54) is 10.5 Å². The van der Waals surface area contributed by atoms with E-state index >= 15 is 0 Å². The third-order valence-electron chi connectivity index (χ3n) is 6.09. The van der Waals surface area contributed by atoms with Crippen molar-refractivity contribution in [3.63, 3.8) is 0 Å². The SMILES string of the molecule is O=C1c2cccc(N3CCN(Cc4ccsc4)CC3)c2C(=O)N1CC1CCCO1. The number of carbonyl (C=O) groups excluding carboxylic acids is 2. The highest BCUT2D eigenvalue weighted by atomic mass is 32.1. The Bertz CT molecular complexity index is 900. The van der Waals surface area contributed by atoms with Gasteiger partial charge in [-0.05, 0) is 47.4 Å². The van der Waals surface area contributed by atoms with Crippen molar-refractivity contribution < 1.29 is 14.3 Å². The predicted octanol–water partition coefficient (Wildman–Crippen LogP) is 2.85. The zero-order chi connectivity index (χ0) is 19.8. The summed E-state index contributed by atoms with van der Waals surface area (Å²) in [6, 6.07) is 7.83. The predicted molar refractivity (Wildman–Crippen MR) is 113 cm³/mol. The number of ether oxygens (including phenoxy) is 1. The molecule has 3 aliphatic rings. The third kappa shape index (κ3) is 3.58. The molecule has 5 rings (SSSR count). The molecule has 1 aromatic heterocycles. The molecule has 0 radical (unpaired) electrons. The molecule has 7 heteroatoms. The van der Waals surface area contributed by atoms with Crippen LogP contribution in [0.4, 0.5) is 5.69 Å². The molecule has 1 atom stereocenters. The molecule has 2 fully saturated rings. The van der Waals surface area contributed by atoms with Gasteiger partial charge >= 0.3 is 0 Å². The monoisotopic (exact) mass is 411 g/mol. The van der Waals surface area contributed by atoms with E-state index in [-0.39, 0.29) is 17.9 Å². The van der Waals surface area contributed by atoms with Crippen molar-refractivity contribution in [2.45, 2.75) is 25.5 Å². The van der Waals surface area contributed by atoms with E-state index in [0.717, 1.165) is 57.9 Å². The molecule has 0 aliphatic carbocycles. The molecule has 4 heterocycles. The molecular formula is C22H25N3O3S. The lowest BCUT2D eigenvalue weighted by Gasteiger charge is -2.36. The molecule has 1 unspecified atom stereocenters. The molecule has 6 nitrogen and oxygen atoms in total. The highest BCUT2D eigenvalue weighted by molar-refractivity contribution is 7.07. The zero-order valence-corrected chi connectivity index (χ0v) is 17.2. The molecule has 1 aromatic carbocycles. The maximum atomic E-state index is 13.1. The summed E-state index contributed by atoms with van der Waals surface area (Å²) in [5.74, 6) is -0.352. The zero-order valence-electron chi connectivity index (χ0n) is 16.4. The van der Waals surface area contributed by atoms with Crippen molar-refractivity contribution in [1.82, 2.24) is 9.80 Å². The minimum atomic E-state index is -0.182. The fraction of sp³-hybridized carbons (Fsp3) is 0.455. The van der Waals surface area contributed by atoms with Gasteiger partial charge in [0.15, 0.2) is 0 Å². The van der Waals surface area contributed by atoms with Crippen LogP contribution < -0.4 is 4.90 Å². The van der Waals surface area contributed by atoms with Crippen LogP contribution in [0.3, 0.4) is 0 Å². The van der Waals surface area contributed by atoms with Crippen molar-refractivity contribution in [3.05, 3.63) is 51.7 Å². The number of hydrogen-bond donors (Lipinski definition) is 0. The Hall–Kier alpha value is -2.22. The van der Waals surface area contributed by atoms with Gasteiger partial charge in [-0.3, -0.25) is 19.4 Å². The maximum Gasteiger partial charge on any atom is 0.263 e. The number of carbonyl (C=O) groups is 2. The quantitative estimate of drug-likeness (QED) is 0.709. The van der Waals surface area contributed by atoms with Gasteiger partial charge in [-0.15, -0.1) is 0 Å². The van der Waals surface area contributed by atoms with Crippen LogP contribution in [0.1, 0.15) is 39.1 Å². The second-order valence-electron chi connectivity index (χ2n) is 7.95. The van der Waals surface area contributed by atoms with E-state index in [0.29, 0.717) is 17.7 Å². The summed E-state index contributed by atoms with van der Waals surface area (Å²) in [7, 11) is 0. The number of anilines is 1. The molecule has 2 saturated heterocycles. The highest BCUT2D eigenvalue weighted by Gasteiger charge is 2.40. The van der Waals surface area contributed by atoms with Crippen molar-refractivity contribution in [2.75, 3.05) is 44.2 Å². The molecule has 2 amide bonds. The Morgan fingerprint density at radius 3 is 2.66 bits per heavy atom. The second-order valence-corrected chi connectivity index (χ2v) is 8.73. The van der Waals surface area contributed by atoms with Gasteiger partial charge in [0, 0.05) is 39.3 Å². The number of thiophene rings is 1. The smallest absolute Gasteiger partial charge is 0.263 e. The largest absolute Gasteiger partial charge is 0.376 e. The Kier molecular flexibility index (Phi) is 5.11. The van der Waals surface area contributed by atoms with Crippen LogP contribution in [-0.4, -0.2) is 67.0 Å². The molecule has 29 heavy (non-hydrogen) atoms. The minimum Gasteiger partial charge on any atom is -0.376 e. The van der Waals surface area contributed by atoms with Crippen molar-refractivity contribution in [2.24, 2.45) is 0 Å². The Morgan fingerprint density at radius 2 is 1.93 bits per heavy atom. The molecule has 0 bridgehead atoms. The Labute approximate surface area is 174 Å². The summed E-state index contributed by atoms with van der Waals surface area (Å²) in [4.78, 5) is 32.1. The number of hydrogen-bond acceptors (Lipinski definition) is 6. The number of imide groups is 1. The first-order chi connectivity index (χ1) is 14.2. The Morgan fingerprint density at radius 1 is 1.07 bits per heavy atom. The van der Waals surface area contributed by atoms with Crippen LogP contribution in [0, 0.1) is 0 Å². The standard InChI is InChI=1S/C22H25N3O3S/c26-21-18-4-1-5-19(20(18)22(27)25(21)14-17-3-2-11-28-17)24-9-7-23(8-10-24)13-16-6-12-29-15-16/h1,4-6,12,15,17H,2-3,7-11,13-14H2. The Balaban J connectivity index is 1.31. The lowest BCUT2D eigenvalue weighted by atomic mass is 10.1. The number of nitrogens with zero attached hydrogens (tertiary/aromatic N) is 3. The summed E-state index contributed by atoms with van der Waals surface area (Å²) in [5.41, 5.74) is 3.36. The molecular weight excluding hydrogens is 386 g/mol. The van der Waals surface area contributed by atoms with Gasteiger partial charge in [-0.2, -0.15) is 11.3 Å². The third-order valence-corrected chi connectivity index (χ3v) is 6.82. The van der Waals surface area contributed by atoms with Crippen molar-refractivity contribution >= 4 is 28.8 Å². The van der Waals surface area contributed by atoms with Gasteiger partial charge in [0.05, 0.1) is 29.5 Å². The minimum absolute atomic E-state index is 0.0266. The molecule has 0 spiro atoms. The molecule has 152 valence electrons. The first kappa shape index (κ1) is 18.8. The number of benzene rings is 1. The van der Waals surface area contributed by atoms with Crippen LogP contribution in [-0.2, 0) is 11.3 Å². The van der Waals surface area contributed by atoms with E-state index in [1.807, 2.05) is 12.1 Å². The summed E-state index contributed by atoms with van der Waals surface area (Å²) in [6.07, 6.45) is 1.88. The molecule has 2 aromatic rings. The topological polar surface area (TPSA) is 53.1 Å². The van der Waals surface area contributed by atoms with Gasteiger partial charge in [0.25, 0.3) is 11.8 Å². The van der Waals surface area contributed by atoms with Crippen molar-refractivity contribution in [3.8, 4) is 0 Å². The van der Waals surface area contributed by atoms with Crippen LogP contribution in [0.25, 0.3) is 0 Å². The average molecular weight is 412 g/mol. The lowest BCUT2D eigenvalue weighted by Crippen LogP contribution is -2.46. The van der Waals surface area contributed by atoms with Gasteiger partial charge in [-0.25, -0.2) is 0 Å². The maximum absolute atomic E-state index is 13.1. The van der Waals surface area contributed by atoms with Crippen molar-refractivity contribution in [1.29, 1.82) is 0 Å². The van der Waals surface area contributed by atoms with Crippen LogP contribution in [0.15, 0.2) is 35.0 Å². The van der Waals surface area contributed by atoms with E-state index in [4.69, 9.17) is 4.74 Å². The van der Waals surface area contributed by atoms with E-state index in [2.05, 4.69) is 26.6 Å². The highest BCUT2D eigenvalue weighted by Crippen LogP contribution is 2.33. The first-order valence-corrected chi connectivity index (χ1v) is 11.2. The van der Waals surface area contributed by atoms with Crippen LogP contribution >= 0.6 is 11.3 Å². The first-order valence-electron chi connectivity index (χ1n) is 10.3. The van der Waals surface area contributed by atoms with Gasteiger partial charge < -0.3 is 9.64 Å². The number of piperazine rings is 1. The normalized spacial score (nSPS) is 22.6. The van der Waals surface area contributed by atoms with Gasteiger partial charge in [0.1, 0.15) is 0 Å². The molecule has 0 N–H and O–H groups in total. The number of fused-ring (bicyclic) bond motifs is 1. The molecule has 0 saturated carbocycles. The number of amides is 2. The summed E-state index contributed by atoms with van der Waals surface area (Å²) < 4.78 is 5.65. The van der Waals surface area contributed by atoms with Crippen LogP contribution in [0.5, 0.6) is 0 Å². The summed E-state index contributed by atoms with van der Waals surface area (Å²) in [5, 5.41) is 4.31. The summed E-state index contributed by atoms with van der Waals surface area (Å²) in [6.45, 7) is 5.65. The van der Waals surface area contributed by atoms with Gasteiger partial charge in [0.2, 0.25) is 0 Å².